The van der Waals surface area contributed by atoms with E-state index in [2.05, 4.69) is 5.32 Å². The summed E-state index contributed by atoms with van der Waals surface area (Å²) >= 11 is 11.7. The predicted octanol–water partition coefficient (Wildman–Crippen LogP) is 3.73. The fourth-order valence-corrected chi connectivity index (χ4v) is 4.10. The van der Waals surface area contributed by atoms with Crippen molar-refractivity contribution >= 4 is 44.8 Å². The molecule has 2 aromatic carbocycles. The minimum absolute atomic E-state index is 0.232. The van der Waals surface area contributed by atoms with Gasteiger partial charge in [-0.05, 0) is 55.0 Å². The van der Waals surface area contributed by atoms with Crippen molar-refractivity contribution in [2.75, 3.05) is 23.7 Å². The number of nitrogens with one attached hydrogen (secondary N) is 1. The maximum absolute atomic E-state index is 12.6. The van der Waals surface area contributed by atoms with E-state index in [1.165, 1.54) is 0 Å². The van der Waals surface area contributed by atoms with Crippen LogP contribution in [0, 0.1) is 0 Å². The van der Waals surface area contributed by atoms with Crippen LogP contribution in [-0.2, 0) is 14.8 Å². The molecule has 1 atom stereocenters. The van der Waals surface area contributed by atoms with Crippen molar-refractivity contribution in [2.24, 2.45) is 0 Å². The number of hydrogen-bond acceptors (Lipinski definition) is 4. The first kappa shape index (κ1) is 22.3. The third-order valence-corrected chi connectivity index (χ3v) is 5.58. The summed E-state index contributed by atoms with van der Waals surface area (Å²) in [5.41, 5.74) is 0.381. The molecule has 6 nitrogen and oxygen atoms in total. The second kappa shape index (κ2) is 10.0. The topological polar surface area (TPSA) is 75.7 Å². The fourth-order valence-electron chi connectivity index (χ4n) is 2.64. The molecule has 1 N–H and O–H groups in total. The minimum Gasteiger partial charge on any atom is -0.492 e. The second-order valence-electron chi connectivity index (χ2n) is 6.05. The zero-order valence-corrected chi connectivity index (χ0v) is 17.9. The van der Waals surface area contributed by atoms with Gasteiger partial charge in [0.25, 0.3) is 0 Å². The van der Waals surface area contributed by atoms with Crippen LogP contribution in [0.2, 0.25) is 10.0 Å². The van der Waals surface area contributed by atoms with E-state index in [0.717, 1.165) is 10.6 Å². The van der Waals surface area contributed by atoms with Gasteiger partial charge >= 0.3 is 0 Å². The predicted molar refractivity (Wildman–Crippen MR) is 113 cm³/mol. The average molecular weight is 445 g/mol. The van der Waals surface area contributed by atoms with Gasteiger partial charge in [-0.25, -0.2) is 8.42 Å². The van der Waals surface area contributed by atoms with Gasteiger partial charge in [0.05, 0.1) is 18.5 Å². The van der Waals surface area contributed by atoms with Crippen LogP contribution in [0.15, 0.2) is 48.5 Å². The summed E-state index contributed by atoms with van der Waals surface area (Å²) in [7, 11) is -3.68. The van der Waals surface area contributed by atoms with E-state index in [0.29, 0.717) is 27.9 Å². The van der Waals surface area contributed by atoms with Crippen LogP contribution in [0.5, 0.6) is 5.75 Å². The number of ether oxygens (including phenoxy) is 1. The number of carbonyl (C=O) groups excluding carboxylic acids is 1. The molecule has 0 aliphatic carbocycles. The lowest BCUT2D eigenvalue weighted by atomic mass is 10.2. The summed E-state index contributed by atoms with van der Waals surface area (Å²) in [6, 6.07) is 12.3. The monoisotopic (exact) mass is 444 g/mol. The standard InChI is InChI=1S/C19H22Cl2N2O4S/c1-3-18(23(28(2,25)26)16-8-4-14(20)5-9-16)19(24)22-12-13-27-17-10-6-15(21)7-11-17/h4-11,18H,3,12-13H2,1-2H3,(H,22,24). The fraction of sp³-hybridized carbons (Fsp3) is 0.316. The number of nitrogens with zero attached hydrogens (tertiary/aromatic N) is 1. The molecule has 28 heavy (non-hydrogen) atoms. The SMILES string of the molecule is CCC(C(=O)NCCOc1ccc(Cl)cc1)N(c1ccc(Cl)cc1)S(C)(=O)=O. The highest BCUT2D eigenvalue weighted by Gasteiger charge is 2.31. The molecule has 1 unspecified atom stereocenters. The highest BCUT2D eigenvalue weighted by atomic mass is 35.5. The van der Waals surface area contributed by atoms with Crippen molar-refractivity contribution in [3.63, 3.8) is 0 Å². The first-order valence-electron chi connectivity index (χ1n) is 8.63. The number of anilines is 1. The van der Waals surface area contributed by atoms with E-state index in [9.17, 15) is 13.2 Å². The van der Waals surface area contributed by atoms with E-state index < -0.39 is 22.0 Å². The van der Waals surface area contributed by atoms with E-state index in [1.54, 1.807) is 55.5 Å². The van der Waals surface area contributed by atoms with Crippen molar-refractivity contribution in [3.8, 4) is 5.75 Å². The molecule has 0 aliphatic heterocycles. The summed E-state index contributed by atoms with van der Waals surface area (Å²) in [5, 5.41) is 3.81. The molecule has 1 amide bonds. The summed E-state index contributed by atoms with van der Waals surface area (Å²) in [5.74, 6) is 0.229. The van der Waals surface area contributed by atoms with Crippen LogP contribution in [0.25, 0.3) is 0 Å². The Morgan fingerprint density at radius 2 is 1.61 bits per heavy atom. The first-order valence-corrected chi connectivity index (χ1v) is 11.2. The van der Waals surface area contributed by atoms with Crippen LogP contribution in [0.4, 0.5) is 5.69 Å². The van der Waals surface area contributed by atoms with E-state index in [4.69, 9.17) is 27.9 Å². The molecule has 0 fully saturated rings. The molecule has 0 spiro atoms. The molecule has 0 saturated carbocycles. The van der Waals surface area contributed by atoms with Crippen LogP contribution in [0.1, 0.15) is 13.3 Å². The molecule has 0 heterocycles. The first-order chi connectivity index (χ1) is 13.2. The molecule has 2 rings (SSSR count). The summed E-state index contributed by atoms with van der Waals surface area (Å²) in [6.45, 7) is 2.22. The van der Waals surface area contributed by atoms with Gasteiger partial charge in [-0.2, -0.15) is 0 Å². The number of carbonyl (C=O) groups is 1. The summed E-state index contributed by atoms with van der Waals surface area (Å²) in [4.78, 5) is 12.6. The molecular weight excluding hydrogens is 423 g/mol. The van der Waals surface area contributed by atoms with E-state index >= 15 is 0 Å². The molecule has 0 bridgehead atoms. The molecular formula is C19H22Cl2N2O4S. The number of halogens is 2. The molecule has 0 aliphatic rings. The lowest BCUT2D eigenvalue weighted by molar-refractivity contribution is -0.122. The summed E-state index contributed by atoms with van der Waals surface area (Å²) < 4.78 is 31.3. The van der Waals surface area contributed by atoms with Crippen LogP contribution >= 0.6 is 23.2 Å². The maximum atomic E-state index is 12.6. The Morgan fingerprint density at radius 1 is 1.07 bits per heavy atom. The molecule has 152 valence electrons. The van der Waals surface area contributed by atoms with Gasteiger partial charge in [0.2, 0.25) is 15.9 Å². The van der Waals surface area contributed by atoms with Crippen molar-refractivity contribution in [1.29, 1.82) is 0 Å². The quantitative estimate of drug-likeness (QED) is 0.597. The minimum atomic E-state index is -3.68. The third kappa shape index (κ3) is 6.29. The maximum Gasteiger partial charge on any atom is 0.244 e. The largest absolute Gasteiger partial charge is 0.492 e. The Balaban J connectivity index is 2.02. The number of sulfonamides is 1. The van der Waals surface area contributed by atoms with Gasteiger partial charge in [0.1, 0.15) is 18.4 Å². The van der Waals surface area contributed by atoms with E-state index in [-0.39, 0.29) is 13.2 Å². The Bertz CT molecular complexity index is 887. The van der Waals surface area contributed by atoms with Crippen LogP contribution < -0.4 is 14.4 Å². The molecule has 0 aromatic heterocycles. The average Bonchev–Trinajstić information content (AvgIpc) is 2.64. The number of hydrogen-bond donors (Lipinski definition) is 1. The van der Waals surface area contributed by atoms with Gasteiger partial charge in [-0.1, -0.05) is 30.1 Å². The van der Waals surface area contributed by atoms with Gasteiger partial charge in [0.15, 0.2) is 0 Å². The normalized spacial score (nSPS) is 12.3. The highest BCUT2D eigenvalue weighted by Crippen LogP contribution is 2.24. The van der Waals surface area contributed by atoms with Crippen molar-refractivity contribution in [1.82, 2.24) is 5.32 Å². The molecule has 0 saturated heterocycles. The number of amides is 1. The Morgan fingerprint density at radius 3 is 2.11 bits per heavy atom. The Hall–Kier alpha value is -1.96. The molecule has 9 heteroatoms. The van der Waals surface area contributed by atoms with Crippen LogP contribution in [0.3, 0.4) is 0 Å². The lowest BCUT2D eigenvalue weighted by Crippen LogP contribution is -2.50. The zero-order chi connectivity index (χ0) is 20.7. The summed E-state index contributed by atoms with van der Waals surface area (Å²) in [6.07, 6.45) is 1.38. The van der Waals surface area contributed by atoms with Gasteiger partial charge in [0, 0.05) is 10.0 Å². The zero-order valence-electron chi connectivity index (χ0n) is 15.6. The van der Waals surface area contributed by atoms with E-state index in [1.807, 2.05) is 0 Å². The van der Waals surface area contributed by atoms with Gasteiger partial charge < -0.3 is 10.1 Å². The van der Waals surface area contributed by atoms with Crippen molar-refractivity contribution < 1.29 is 17.9 Å². The van der Waals surface area contributed by atoms with Gasteiger partial charge in [-0.3, -0.25) is 9.10 Å². The molecule has 0 radical (unpaired) electrons. The second-order valence-corrected chi connectivity index (χ2v) is 8.78. The smallest absolute Gasteiger partial charge is 0.244 e. The molecule has 2 aromatic rings. The van der Waals surface area contributed by atoms with Crippen molar-refractivity contribution in [2.45, 2.75) is 19.4 Å². The van der Waals surface area contributed by atoms with Gasteiger partial charge in [-0.15, -0.1) is 0 Å². The number of rotatable bonds is 9. The lowest BCUT2D eigenvalue weighted by Gasteiger charge is -2.30. The van der Waals surface area contributed by atoms with Crippen LogP contribution in [-0.4, -0.2) is 39.8 Å². The Kier molecular flexibility index (Phi) is 7.98. The Labute approximate surface area is 175 Å². The number of benzene rings is 2. The third-order valence-electron chi connectivity index (χ3n) is 3.89. The highest BCUT2D eigenvalue weighted by molar-refractivity contribution is 7.92. The van der Waals surface area contributed by atoms with Crippen molar-refractivity contribution in [3.05, 3.63) is 58.6 Å².